The van der Waals surface area contributed by atoms with Gasteiger partial charge in [-0.3, -0.25) is 0 Å². The largest absolute Gasteiger partial charge is 0.461 e. The van der Waals surface area contributed by atoms with Crippen molar-refractivity contribution in [2.24, 2.45) is 0 Å². The summed E-state index contributed by atoms with van der Waals surface area (Å²) in [6.07, 6.45) is 1.69. The van der Waals surface area contributed by atoms with Gasteiger partial charge in [0.1, 0.15) is 0 Å². The lowest BCUT2D eigenvalue weighted by atomic mass is 10.2. The monoisotopic (exact) mass is 281 g/mol. The van der Waals surface area contributed by atoms with Crippen LogP contribution >= 0.6 is 0 Å². The predicted molar refractivity (Wildman–Crippen MR) is 79.0 cm³/mol. The minimum absolute atomic E-state index is 0.316. The first-order chi connectivity index (χ1) is 10.3. The highest BCUT2D eigenvalue weighted by Gasteiger charge is 2.18. The summed E-state index contributed by atoms with van der Waals surface area (Å²) >= 11 is 0. The van der Waals surface area contributed by atoms with E-state index in [9.17, 15) is 4.79 Å². The Morgan fingerprint density at radius 2 is 2.00 bits per heavy atom. The van der Waals surface area contributed by atoms with Crippen LogP contribution in [0.15, 0.2) is 48.7 Å². The average molecular weight is 281 g/mol. The van der Waals surface area contributed by atoms with Crippen LogP contribution in [0.2, 0.25) is 0 Å². The van der Waals surface area contributed by atoms with E-state index in [-0.39, 0.29) is 0 Å². The SMILES string of the molecule is CCOC(=O)c1nn(Cc2ccccc2)c2ncccc12. The van der Waals surface area contributed by atoms with Crippen LogP contribution in [0.5, 0.6) is 0 Å². The Morgan fingerprint density at radius 3 is 2.76 bits per heavy atom. The average Bonchev–Trinajstić information content (AvgIpc) is 2.88. The number of ether oxygens (including phenoxy) is 1. The molecule has 0 spiro atoms. The second-order valence-corrected chi connectivity index (χ2v) is 4.59. The summed E-state index contributed by atoms with van der Waals surface area (Å²) in [5, 5.41) is 5.10. The van der Waals surface area contributed by atoms with E-state index in [2.05, 4.69) is 10.1 Å². The molecule has 0 bridgehead atoms. The van der Waals surface area contributed by atoms with Crippen molar-refractivity contribution in [2.75, 3.05) is 6.61 Å². The van der Waals surface area contributed by atoms with Gasteiger partial charge in [0, 0.05) is 6.20 Å². The van der Waals surface area contributed by atoms with Crippen molar-refractivity contribution in [3.8, 4) is 0 Å². The lowest BCUT2D eigenvalue weighted by Gasteiger charge is -2.02. The van der Waals surface area contributed by atoms with Crippen molar-refractivity contribution in [1.29, 1.82) is 0 Å². The molecule has 2 heterocycles. The first kappa shape index (κ1) is 13.3. The highest BCUT2D eigenvalue weighted by atomic mass is 16.5. The number of benzene rings is 1. The van der Waals surface area contributed by atoms with Crippen LogP contribution in [0.25, 0.3) is 11.0 Å². The smallest absolute Gasteiger partial charge is 0.359 e. The molecular weight excluding hydrogens is 266 g/mol. The molecule has 5 heteroatoms. The first-order valence-electron chi connectivity index (χ1n) is 6.82. The topological polar surface area (TPSA) is 57.0 Å². The molecule has 21 heavy (non-hydrogen) atoms. The molecule has 3 aromatic rings. The zero-order valence-corrected chi connectivity index (χ0v) is 11.7. The van der Waals surface area contributed by atoms with E-state index in [1.807, 2.05) is 36.4 Å². The van der Waals surface area contributed by atoms with E-state index in [1.165, 1.54) is 0 Å². The summed E-state index contributed by atoms with van der Waals surface area (Å²) in [6.45, 7) is 2.67. The Bertz CT molecular complexity index is 766. The number of nitrogens with zero attached hydrogens (tertiary/aromatic N) is 3. The molecule has 0 fully saturated rings. The highest BCUT2D eigenvalue weighted by Crippen LogP contribution is 2.18. The Hall–Kier alpha value is -2.69. The van der Waals surface area contributed by atoms with E-state index in [0.29, 0.717) is 29.9 Å². The van der Waals surface area contributed by atoms with Gasteiger partial charge in [-0.15, -0.1) is 0 Å². The molecule has 0 amide bonds. The van der Waals surface area contributed by atoms with E-state index in [1.54, 1.807) is 23.9 Å². The van der Waals surface area contributed by atoms with Crippen molar-refractivity contribution in [2.45, 2.75) is 13.5 Å². The molecule has 0 aliphatic rings. The van der Waals surface area contributed by atoms with Crippen molar-refractivity contribution in [1.82, 2.24) is 14.8 Å². The minimum atomic E-state index is -0.415. The van der Waals surface area contributed by atoms with Gasteiger partial charge in [-0.2, -0.15) is 5.10 Å². The highest BCUT2D eigenvalue weighted by molar-refractivity contribution is 6.01. The number of fused-ring (bicyclic) bond motifs is 1. The quantitative estimate of drug-likeness (QED) is 0.690. The standard InChI is InChI=1S/C16H15N3O2/c1-2-21-16(20)14-13-9-6-10-17-15(13)19(18-14)11-12-7-4-3-5-8-12/h3-10H,2,11H2,1H3. The van der Waals surface area contributed by atoms with Gasteiger partial charge in [0.15, 0.2) is 11.3 Å². The fourth-order valence-corrected chi connectivity index (χ4v) is 2.23. The molecule has 0 aliphatic carbocycles. The Morgan fingerprint density at radius 1 is 1.19 bits per heavy atom. The van der Waals surface area contributed by atoms with Crippen LogP contribution in [0.3, 0.4) is 0 Å². The molecule has 0 saturated heterocycles. The maximum Gasteiger partial charge on any atom is 0.359 e. The van der Waals surface area contributed by atoms with Gasteiger partial charge in [-0.1, -0.05) is 30.3 Å². The summed E-state index contributed by atoms with van der Waals surface area (Å²) < 4.78 is 6.79. The molecular formula is C16H15N3O2. The predicted octanol–water partition coefficient (Wildman–Crippen LogP) is 2.66. The Kier molecular flexibility index (Phi) is 3.64. The number of carbonyl (C=O) groups excluding carboxylic acids is 1. The molecule has 0 N–H and O–H groups in total. The molecule has 2 aromatic heterocycles. The van der Waals surface area contributed by atoms with Crippen molar-refractivity contribution >= 4 is 17.0 Å². The summed E-state index contributed by atoms with van der Waals surface area (Å²) in [5.74, 6) is -0.415. The fraction of sp³-hybridized carbons (Fsp3) is 0.188. The number of pyridine rings is 1. The molecule has 3 rings (SSSR count). The van der Waals surface area contributed by atoms with Gasteiger partial charge in [-0.05, 0) is 24.6 Å². The summed E-state index contributed by atoms with van der Waals surface area (Å²) in [5.41, 5.74) is 2.10. The Balaban J connectivity index is 2.05. The van der Waals surface area contributed by atoms with Crippen LogP contribution in [-0.4, -0.2) is 27.3 Å². The van der Waals surface area contributed by atoms with Gasteiger partial charge >= 0.3 is 5.97 Å². The second kappa shape index (κ2) is 5.75. The molecule has 0 atom stereocenters. The van der Waals surface area contributed by atoms with E-state index in [0.717, 1.165) is 5.56 Å². The molecule has 0 aliphatic heterocycles. The van der Waals surface area contributed by atoms with E-state index >= 15 is 0 Å². The molecule has 0 radical (unpaired) electrons. The summed E-state index contributed by atoms with van der Waals surface area (Å²) in [4.78, 5) is 16.3. The van der Waals surface area contributed by atoms with Crippen LogP contribution in [0, 0.1) is 0 Å². The number of carbonyl (C=O) groups is 1. The lowest BCUT2D eigenvalue weighted by molar-refractivity contribution is 0.0520. The van der Waals surface area contributed by atoms with Crippen molar-refractivity contribution in [3.63, 3.8) is 0 Å². The Labute approximate surface area is 122 Å². The first-order valence-corrected chi connectivity index (χ1v) is 6.82. The third-order valence-electron chi connectivity index (χ3n) is 3.15. The lowest BCUT2D eigenvalue weighted by Crippen LogP contribution is -2.08. The van der Waals surface area contributed by atoms with Crippen LogP contribution in [0.1, 0.15) is 23.0 Å². The van der Waals surface area contributed by atoms with Gasteiger partial charge in [-0.25, -0.2) is 14.5 Å². The number of hydrogen-bond acceptors (Lipinski definition) is 4. The second-order valence-electron chi connectivity index (χ2n) is 4.59. The molecule has 5 nitrogen and oxygen atoms in total. The molecule has 0 saturated carbocycles. The van der Waals surface area contributed by atoms with E-state index in [4.69, 9.17) is 4.74 Å². The van der Waals surface area contributed by atoms with Crippen molar-refractivity contribution < 1.29 is 9.53 Å². The number of aromatic nitrogens is 3. The number of esters is 1. The normalized spacial score (nSPS) is 10.7. The van der Waals surface area contributed by atoms with Gasteiger partial charge < -0.3 is 4.74 Å². The zero-order valence-electron chi connectivity index (χ0n) is 11.7. The molecule has 1 aromatic carbocycles. The maximum absolute atomic E-state index is 12.0. The van der Waals surface area contributed by atoms with Gasteiger partial charge in [0.25, 0.3) is 0 Å². The molecule has 0 unspecified atom stereocenters. The van der Waals surface area contributed by atoms with E-state index < -0.39 is 5.97 Å². The third-order valence-corrected chi connectivity index (χ3v) is 3.15. The molecule has 106 valence electrons. The summed E-state index contributed by atoms with van der Waals surface area (Å²) in [7, 11) is 0. The van der Waals surface area contributed by atoms with Crippen LogP contribution < -0.4 is 0 Å². The van der Waals surface area contributed by atoms with Crippen LogP contribution in [-0.2, 0) is 11.3 Å². The minimum Gasteiger partial charge on any atom is -0.461 e. The number of hydrogen-bond donors (Lipinski definition) is 0. The van der Waals surface area contributed by atoms with Gasteiger partial charge in [0.2, 0.25) is 0 Å². The number of rotatable bonds is 4. The van der Waals surface area contributed by atoms with Crippen LogP contribution in [0.4, 0.5) is 0 Å². The van der Waals surface area contributed by atoms with Gasteiger partial charge in [0.05, 0.1) is 18.5 Å². The summed E-state index contributed by atoms with van der Waals surface area (Å²) in [6, 6.07) is 13.6. The van der Waals surface area contributed by atoms with Crippen molar-refractivity contribution in [3.05, 3.63) is 59.9 Å². The fourth-order valence-electron chi connectivity index (χ4n) is 2.23. The zero-order chi connectivity index (χ0) is 14.7. The maximum atomic E-state index is 12.0. The third kappa shape index (κ3) is 2.63.